The number of fused-ring (bicyclic) bond motifs is 1. The lowest BCUT2D eigenvalue weighted by molar-refractivity contribution is -0.495. The van der Waals surface area contributed by atoms with Crippen molar-refractivity contribution in [2.45, 2.75) is 12.8 Å². The summed E-state index contributed by atoms with van der Waals surface area (Å²) in [5, 5.41) is 11.5. The van der Waals surface area contributed by atoms with Crippen LogP contribution in [0.3, 0.4) is 0 Å². The lowest BCUT2D eigenvalue weighted by atomic mass is 10.0. The molecule has 2 rings (SSSR count). The Hall–Kier alpha value is -1.58. The van der Waals surface area contributed by atoms with Crippen LogP contribution in [0.15, 0.2) is 24.3 Å². The van der Waals surface area contributed by atoms with Crippen molar-refractivity contribution in [2.75, 3.05) is 11.6 Å². The molecule has 0 amide bonds. The van der Waals surface area contributed by atoms with E-state index < -0.39 is 0 Å². The van der Waals surface area contributed by atoms with Gasteiger partial charge in [0.2, 0.25) is 0 Å². The van der Waals surface area contributed by atoms with E-state index in [2.05, 4.69) is 0 Å². The number of hydrogen-bond donors (Lipinski definition) is 0. The highest BCUT2D eigenvalue weighted by Gasteiger charge is 2.23. The van der Waals surface area contributed by atoms with Crippen molar-refractivity contribution in [3.05, 3.63) is 39.9 Å². The van der Waals surface area contributed by atoms with Gasteiger partial charge in [0.25, 0.3) is 0 Å². The Morgan fingerprint density at radius 1 is 1.38 bits per heavy atom. The van der Waals surface area contributed by atoms with Gasteiger partial charge in [-0.1, -0.05) is 23.2 Å². The molecule has 1 aromatic rings. The van der Waals surface area contributed by atoms with Gasteiger partial charge in [0.1, 0.15) is 5.69 Å². The van der Waals surface area contributed by atoms with E-state index in [1.807, 2.05) is 18.2 Å². The maximum atomic E-state index is 10.6. The summed E-state index contributed by atoms with van der Waals surface area (Å²) in [6, 6.07) is 7.51. The van der Waals surface area contributed by atoms with Crippen LogP contribution in [-0.2, 0) is 6.42 Å². The first-order valence-corrected chi connectivity index (χ1v) is 4.29. The number of nitrogens with zero attached hydrogens (tertiary/aromatic N) is 2. The zero-order chi connectivity index (χ0) is 9.26. The van der Waals surface area contributed by atoms with Gasteiger partial charge < -0.3 is 0 Å². The first-order chi connectivity index (χ1) is 6.29. The Morgan fingerprint density at radius 2 is 2.15 bits per heavy atom. The van der Waals surface area contributed by atoms with Crippen molar-refractivity contribution in [1.29, 1.82) is 0 Å². The molecule has 4 heteroatoms. The maximum absolute atomic E-state index is 10.6. The predicted octanol–water partition coefficient (Wildman–Crippen LogP) is 1.63. The molecule has 4 nitrogen and oxygen atoms in total. The van der Waals surface area contributed by atoms with E-state index in [4.69, 9.17) is 0 Å². The monoisotopic (exact) mass is 178 g/mol. The zero-order valence-electron chi connectivity index (χ0n) is 7.14. The van der Waals surface area contributed by atoms with Crippen LogP contribution >= 0.6 is 0 Å². The number of anilines is 1. The van der Waals surface area contributed by atoms with E-state index in [9.17, 15) is 10.1 Å². The van der Waals surface area contributed by atoms with E-state index in [1.165, 1.54) is 5.01 Å². The van der Waals surface area contributed by atoms with E-state index in [0.29, 0.717) is 6.54 Å². The minimum atomic E-state index is -0.335. The van der Waals surface area contributed by atoms with Gasteiger partial charge in [0, 0.05) is 0 Å². The summed E-state index contributed by atoms with van der Waals surface area (Å²) in [7, 11) is 0. The van der Waals surface area contributed by atoms with Crippen LogP contribution in [0, 0.1) is 10.1 Å². The third-order valence-electron chi connectivity index (χ3n) is 2.28. The molecule has 0 atom stereocenters. The van der Waals surface area contributed by atoms with Crippen LogP contribution in [0.25, 0.3) is 0 Å². The lowest BCUT2D eigenvalue weighted by Crippen LogP contribution is -2.34. The molecule has 0 saturated heterocycles. The highest BCUT2D eigenvalue weighted by molar-refractivity contribution is 5.52. The first-order valence-electron chi connectivity index (χ1n) is 4.29. The Kier molecular flexibility index (Phi) is 1.88. The smallest absolute Gasteiger partial charge is 0.165 e. The Balaban J connectivity index is 2.42. The molecule has 0 fully saturated rings. The number of benzene rings is 1. The van der Waals surface area contributed by atoms with Gasteiger partial charge in [-0.15, -0.1) is 0 Å². The fourth-order valence-corrected chi connectivity index (χ4v) is 1.68. The number of para-hydroxylation sites is 1. The fourth-order valence-electron chi connectivity index (χ4n) is 1.68. The van der Waals surface area contributed by atoms with E-state index in [0.717, 1.165) is 24.1 Å². The van der Waals surface area contributed by atoms with Crippen LogP contribution in [0.2, 0.25) is 0 Å². The third kappa shape index (κ3) is 1.35. The quantitative estimate of drug-likeness (QED) is 0.485. The van der Waals surface area contributed by atoms with Crippen LogP contribution in [0.5, 0.6) is 0 Å². The molecular weight excluding hydrogens is 168 g/mol. The van der Waals surface area contributed by atoms with Gasteiger partial charge in [-0.3, -0.25) is 0 Å². The summed E-state index contributed by atoms with van der Waals surface area (Å²) < 4.78 is 0. The molecule has 13 heavy (non-hydrogen) atoms. The summed E-state index contributed by atoms with van der Waals surface area (Å²) in [6.07, 6.45) is 1.80. The highest BCUT2D eigenvalue weighted by atomic mass is 16.7. The van der Waals surface area contributed by atoms with Gasteiger partial charge in [-0.05, 0) is 24.5 Å². The summed E-state index contributed by atoms with van der Waals surface area (Å²) in [5.41, 5.74) is 1.82. The molecule has 0 aliphatic carbocycles. The number of aryl methyl sites for hydroxylation is 1. The molecule has 0 aromatic heterocycles. The van der Waals surface area contributed by atoms with Crippen molar-refractivity contribution >= 4 is 5.69 Å². The van der Waals surface area contributed by atoms with E-state index in [1.54, 1.807) is 6.07 Å². The van der Waals surface area contributed by atoms with E-state index in [-0.39, 0.29) is 5.03 Å². The maximum Gasteiger partial charge on any atom is 0.165 e. The molecular formula is C9H10N2O2. The van der Waals surface area contributed by atoms with Crippen LogP contribution in [-0.4, -0.2) is 11.6 Å². The molecule has 68 valence electrons. The van der Waals surface area contributed by atoms with Crippen molar-refractivity contribution < 1.29 is 5.03 Å². The highest BCUT2D eigenvalue weighted by Crippen LogP contribution is 2.26. The van der Waals surface area contributed by atoms with Gasteiger partial charge in [0.15, 0.2) is 5.03 Å². The van der Waals surface area contributed by atoms with Gasteiger partial charge >= 0.3 is 0 Å². The van der Waals surface area contributed by atoms with Gasteiger partial charge in [0.05, 0.1) is 6.54 Å². The summed E-state index contributed by atoms with van der Waals surface area (Å²) in [5.74, 6) is 0. The lowest BCUT2D eigenvalue weighted by Gasteiger charge is -2.21. The van der Waals surface area contributed by atoms with Gasteiger partial charge in [-0.2, -0.15) is 0 Å². The number of hydrazine groups is 1. The van der Waals surface area contributed by atoms with Crippen LogP contribution in [0.4, 0.5) is 5.69 Å². The average Bonchev–Trinajstić information content (AvgIpc) is 2.17. The first kappa shape index (κ1) is 8.04. The molecule has 1 aliphatic rings. The minimum absolute atomic E-state index is 0.335. The Labute approximate surface area is 75.9 Å². The predicted molar refractivity (Wildman–Crippen MR) is 49.1 cm³/mol. The van der Waals surface area contributed by atoms with Gasteiger partial charge in [-0.25, -0.2) is 10.1 Å². The molecule has 1 heterocycles. The second kappa shape index (κ2) is 3.05. The Morgan fingerprint density at radius 3 is 2.92 bits per heavy atom. The average molecular weight is 178 g/mol. The normalized spacial score (nSPS) is 15.2. The molecule has 0 spiro atoms. The Bertz CT molecular complexity index is 338. The SMILES string of the molecule is O=[N+]([O-])N1CCCc2ccccc21. The second-order valence-corrected chi connectivity index (χ2v) is 3.09. The van der Waals surface area contributed by atoms with Crippen molar-refractivity contribution in [1.82, 2.24) is 0 Å². The number of nitro groups is 1. The molecule has 1 aliphatic heterocycles. The molecule has 0 bridgehead atoms. The number of rotatable bonds is 1. The molecule has 0 radical (unpaired) electrons. The summed E-state index contributed by atoms with van der Waals surface area (Å²) in [4.78, 5) is 10.6. The second-order valence-electron chi connectivity index (χ2n) is 3.09. The molecule has 1 aromatic carbocycles. The van der Waals surface area contributed by atoms with Crippen LogP contribution in [0.1, 0.15) is 12.0 Å². The van der Waals surface area contributed by atoms with Crippen LogP contribution < -0.4 is 5.01 Å². The summed E-state index contributed by atoms with van der Waals surface area (Å²) in [6.45, 7) is 0.518. The molecule has 0 N–H and O–H groups in total. The third-order valence-corrected chi connectivity index (χ3v) is 2.28. The van der Waals surface area contributed by atoms with E-state index >= 15 is 0 Å². The van der Waals surface area contributed by atoms with Crippen molar-refractivity contribution in [3.63, 3.8) is 0 Å². The fraction of sp³-hybridized carbons (Fsp3) is 0.333. The zero-order valence-corrected chi connectivity index (χ0v) is 7.14. The standard InChI is InChI=1S/C9H10N2O2/c12-11(13)10-7-3-5-8-4-1-2-6-9(8)10/h1-2,4,6H,3,5,7H2. The van der Waals surface area contributed by atoms with Crippen molar-refractivity contribution in [2.24, 2.45) is 0 Å². The van der Waals surface area contributed by atoms with Crippen molar-refractivity contribution in [3.8, 4) is 0 Å². The molecule has 0 saturated carbocycles. The summed E-state index contributed by atoms with van der Waals surface area (Å²) >= 11 is 0. The topological polar surface area (TPSA) is 46.4 Å². The number of hydrogen-bond acceptors (Lipinski definition) is 2. The largest absolute Gasteiger partial charge is 0.234 e. The minimum Gasteiger partial charge on any atom is -0.234 e. The molecule has 0 unspecified atom stereocenters.